The number of carboxylic acids is 1. The number of amides is 1. The second-order valence-corrected chi connectivity index (χ2v) is 5.18. The predicted octanol–water partition coefficient (Wildman–Crippen LogP) is 2.40. The molecule has 0 radical (unpaired) electrons. The molecule has 2 N–H and O–H groups in total. The van der Waals surface area contributed by atoms with E-state index in [1.54, 1.807) is 6.08 Å². The van der Waals surface area contributed by atoms with Crippen LogP contribution >= 0.6 is 0 Å². The number of hydrogen-bond acceptors (Lipinski definition) is 3. The first-order valence-electron chi connectivity index (χ1n) is 6.83. The van der Waals surface area contributed by atoms with Gasteiger partial charge in [0.05, 0.1) is 0 Å². The van der Waals surface area contributed by atoms with Crippen molar-refractivity contribution in [3.8, 4) is 0 Å². The zero-order chi connectivity index (χ0) is 14.5. The minimum atomic E-state index is -0.854. The van der Waals surface area contributed by atoms with Gasteiger partial charge in [0.2, 0.25) is 5.91 Å². The van der Waals surface area contributed by atoms with E-state index in [0.717, 1.165) is 5.76 Å². The number of hydrogen-bond donors (Lipinski definition) is 2. The minimum absolute atomic E-state index is 0.0606. The third-order valence-corrected chi connectivity index (χ3v) is 3.39. The first-order chi connectivity index (χ1) is 9.56. The molecule has 5 nitrogen and oxygen atoms in total. The predicted molar refractivity (Wildman–Crippen MR) is 74.1 cm³/mol. The third-order valence-electron chi connectivity index (χ3n) is 3.39. The Morgan fingerprint density at radius 3 is 2.90 bits per heavy atom. The summed E-state index contributed by atoms with van der Waals surface area (Å²) >= 11 is 0. The lowest BCUT2D eigenvalue weighted by molar-refractivity contribution is -0.137. The van der Waals surface area contributed by atoms with E-state index in [1.807, 2.05) is 12.1 Å². The van der Waals surface area contributed by atoms with E-state index < -0.39 is 5.97 Å². The number of carboxylic acid groups (broad SMARTS) is 1. The van der Waals surface area contributed by atoms with E-state index in [9.17, 15) is 9.59 Å². The van der Waals surface area contributed by atoms with Crippen LogP contribution in [0.25, 0.3) is 6.08 Å². The van der Waals surface area contributed by atoms with Crippen LogP contribution in [0.15, 0.2) is 22.6 Å². The first-order valence-corrected chi connectivity index (χ1v) is 6.83. The topological polar surface area (TPSA) is 79.5 Å². The lowest BCUT2D eigenvalue weighted by Gasteiger charge is -1.99. The first kappa shape index (κ1) is 14.4. The fraction of sp³-hybridized carbons (Fsp3) is 0.467. The summed E-state index contributed by atoms with van der Waals surface area (Å²) in [4.78, 5) is 21.8. The molecule has 20 heavy (non-hydrogen) atoms. The molecular weight excluding hydrogens is 258 g/mol. The van der Waals surface area contributed by atoms with Crippen molar-refractivity contribution in [2.45, 2.75) is 32.1 Å². The Labute approximate surface area is 117 Å². The highest BCUT2D eigenvalue weighted by Crippen LogP contribution is 2.47. The van der Waals surface area contributed by atoms with E-state index in [4.69, 9.17) is 9.52 Å². The molecular formula is C15H19NO4. The normalized spacial score (nSPS) is 21.1. The van der Waals surface area contributed by atoms with Gasteiger partial charge in [-0.3, -0.25) is 9.59 Å². The third kappa shape index (κ3) is 4.26. The van der Waals surface area contributed by atoms with E-state index in [1.165, 1.54) is 12.5 Å². The molecule has 1 aromatic rings. The second-order valence-electron chi connectivity index (χ2n) is 5.18. The molecule has 5 heteroatoms. The summed E-state index contributed by atoms with van der Waals surface area (Å²) in [6, 6.07) is 3.81. The highest BCUT2D eigenvalue weighted by Gasteiger charge is 2.36. The van der Waals surface area contributed by atoms with Gasteiger partial charge in [0.15, 0.2) is 0 Å². The van der Waals surface area contributed by atoms with Gasteiger partial charge in [-0.25, -0.2) is 0 Å². The maximum Gasteiger partial charge on any atom is 0.303 e. The van der Waals surface area contributed by atoms with Crippen molar-refractivity contribution in [3.63, 3.8) is 0 Å². The molecule has 0 spiro atoms. The molecule has 2 rings (SSSR count). The molecule has 1 saturated carbocycles. The van der Waals surface area contributed by atoms with E-state index >= 15 is 0 Å². The lowest BCUT2D eigenvalue weighted by atomic mass is 10.3. The van der Waals surface area contributed by atoms with E-state index in [0.29, 0.717) is 30.6 Å². The molecule has 108 valence electrons. The summed E-state index contributed by atoms with van der Waals surface area (Å²) in [5.41, 5.74) is 0. The van der Waals surface area contributed by atoms with Gasteiger partial charge >= 0.3 is 5.97 Å². The summed E-state index contributed by atoms with van der Waals surface area (Å²) in [6.45, 7) is 2.55. The van der Waals surface area contributed by atoms with Crippen LogP contribution in [0.1, 0.15) is 43.6 Å². The highest BCUT2D eigenvalue weighted by atomic mass is 16.4. The Balaban J connectivity index is 1.73. The SMILES string of the molecule is CC1CC1c1ccc(/C=C/C(=O)NCCCC(=O)O)o1. The molecule has 0 saturated heterocycles. The summed E-state index contributed by atoms with van der Waals surface area (Å²) in [5.74, 6) is 1.77. The average Bonchev–Trinajstić information content (AvgIpc) is 2.95. The molecule has 1 aromatic heterocycles. The smallest absolute Gasteiger partial charge is 0.303 e. The van der Waals surface area contributed by atoms with Gasteiger partial charge in [-0.2, -0.15) is 0 Å². The van der Waals surface area contributed by atoms with Crippen LogP contribution in [0, 0.1) is 5.92 Å². The molecule has 0 aromatic carbocycles. The van der Waals surface area contributed by atoms with Gasteiger partial charge in [-0.1, -0.05) is 6.92 Å². The summed E-state index contributed by atoms with van der Waals surface area (Å²) in [5, 5.41) is 11.1. The molecule has 2 atom stereocenters. The second kappa shape index (κ2) is 6.41. The van der Waals surface area contributed by atoms with Crippen molar-refractivity contribution in [2.75, 3.05) is 6.54 Å². The maximum absolute atomic E-state index is 11.5. The highest BCUT2D eigenvalue weighted by molar-refractivity contribution is 5.91. The number of carbonyl (C=O) groups excluding carboxylic acids is 1. The molecule has 0 aliphatic heterocycles. The largest absolute Gasteiger partial charge is 0.481 e. The van der Waals surface area contributed by atoms with Crippen molar-refractivity contribution in [3.05, 3.63) is 29.7 Å². The number of nitrogens with one attached hydrogen (secondary N) is 1. The Hall–Kier alpha value is -2.04. The molecule has 1 heterocycles. The molecule has 1 amide bonds. The molecule has 1 aliphatic rings. The van der Waals surface area contributed by atoms with Gasteiger partial charge in [0.1, 0.15) is 11.5 Å². The van der Waals surface area contributed by atoms with Crippen LogP contribution in [0.4, 0.5) is 0 Å². The summed E-state index contributed by atoms with van der Waals surface area (Å²) in [7, 11) is 0. The quantitative estimate of drug-likeness (QED) is 0.592. The van der Waals surface area contributed by atoms with Crippen LogP contribution < -0.4 is 5.32 Å². The summed E-state index contributed by atoms with van der Waals surface area (Å²) < 4.78 is 5.64. The fourth-order valence-corrected chi connectivity index (χ4v) is 2.04. The van der Waals surface area contributed by atoms with Crippen LogP contribution in [-0.4, -0.2) is 23.5 Å². The fourth-order valence-electron chi connectivity index (χ4n) is 2.04. The molecule has 1 fully saturated rings. The van der Waals surface area contributed by atoms with Crippen molar-refractivity contribution >= 4 is 18.0 Å². The molecule has 0 bridgehead atoms. The Kier molecular flexibility index (Phi) is 4.61. The standard InChI is InChI=1S/C15H19NO4/c1-10-9-12(10)13-6-4-11(20-13)5-7-14(17)16-8-2-3-15(18)19/h4-7,10,12H,2-3,8-9H2,1H3,(H,16,17)(H,18,19)/b7-5+. The van der Waals surface area contributed by atoms with E-state index in [-0.39, 0.29) is 12.3 Å². The van der Waals surface area contributed by atoms with Gasteiger partial charge in [0.25, 0.3) is 0 Å². The Morgan fingerprint density at radius 2 is 2.25 bits per heavy atom. The van der Waals surface area contributed by atoms with Gasteiger partial charge in [-0.15, -0.1) is 0 Å². The van der Waals surface area contributed by atoms with E-state index in [2.05, 4.69) is 12.2 Å². The van der Waals surface area contributed by atoms with Crippen molar-refractivity contribution in [1.29, 1.82) is 0 Å². The number of rotatable bonds is 7. The van der Waals surface area contributed by atoms with Crippen molar-refractivity contribution in [1.82, 2.24) is 5.32 Å². The molecule has 1 aliphatic carbocycles. The van der Waals surface area contributed by atoms with Gasteiger partial charge < -0.3 is 14.8 Å². The molecule has 2 unspecified atom stereocenters. The lowest BCUT2D eigenvalue weighted by Crippen LogP contribution is -2.22. The monoisotopic (exact) mass is 277 g/mol. The zero-order valence-corrected chi connectivity index (χ0v) is 11.5. The van der Waals surface area contributed by atoms with Gasteiger partial charge in [-0.05, 0) is 37.0 Å². The van der Waals surface area contributed by atoms with Gasteiger partial charge in [0, 0.05) is 25.0 Å². The Bertz CT molecular complexity index is 518. The van der Waals surface area contributed by atoms with Crippen molar-refractivity contribution < 1.29 is 19.1 Å². The van der Waals surface area contributed by atoms with Crippen LogP contribution in [-0.2, 0) is 9.59 Å². The van der Waals surface area contributed by atoms with Crippen LogP contribution in [0.3, 0.4) is 0 Å². The minimum Gasteiger partial charge on any atom is -0.481 e. The summed E-state index contributed by atoms with van der Waals surface area (Å²) in [6.07, 6.45) is 4.69. The van der Waals surface area contributed by atoms with Crippen LogP contribution in [0.5, 0.6) is 0 Å². The number of carbonyl (C=O) groups is 2. The van der Waals surface area contributed by atoms with Crippen molar-refractivity contribution in [2.24, 2.45) is 5.92 Å². The zero-order valence-electron chi connectivity index (χ0n) is 11.5. The number of furan rings is 1. The average molecular weight is 277 g/mol. The Morgan fingerprint density at radius 1 is 1.50 bits per heavy atom. The number of aliphatic carboxylic acids is 1. The maximum atomic E-state index is 11.5. The van der Waals surface area contributed by atoms with Crippen LogP contribution in [0.2, 0.25) is 0 Å².